The van der Waals surface area contributed by atoms with Crippen molar-refractivity contribution in [2.24, 2.45) is 0 Å². The van der Waals surface area contributed by atoms with Gasteiger partial charge in [0.15, 0.2) is 5.13 Å². The highest BCUT2D eigenvalue weighted by atomic mass is 32.1. The van der Waals surface area contributed by atoms with Gasteiger partial charge < -0.3 is 10.6 Å². The summed E-state index contributed by atoms with van der Waals surface area (Å²) < 4.78 is 1.53. The molecule has 3 heterocycles. The lowest BCUT2D eigenvalue weighted by Crippen LogP contribution is -2.14. The normalized spacial score (nSPS) is 10.5. The minimum atomic E-state index is -0.155. The molecule has 1 aromatic carbocycles. The van der Waals surface area contributed by atoms with Crippen molar-refractivity contribution in [3.8, 4) is 5.69 Å². The van der Waals surface area contributed by atoms with Crippen LogP contribution in [0.1, 0.15) is 5.69 Å². The van der Waals surface area contributed by atoms with Crippen molar-refractivity contribution in [3.05, 3.63) is 60.1 Å². The van der Waals surface area contributed by atoms with Crippen LogP contribution in [-0.2, 0) is 11.2 Å². The highest BCUT2D eigenvalue weighted by molar-refractivity contribution is 7.13. The molecule has 11 heteroatoms. The molecule has 0 bridgehead atoms. The topological polar surface area (TPSA) is 123 Å². The minimum absolute atomic E-state index is 0.155. The maximum atomic E-state index is 12.2. The Morgan fingerprint density at radius 1 is 1.15 bits per heavy atom. The number of hydrogen-bond acceptors (Lipinski definition) is 9. The lowest BCUT2D eigenvalue weighted by molar-refractivity contribution is -0.115. The Morgan fingerprint density at radius 2 is 1.96 bits per heavy atom. The van der Waals surface area contributed by atoms with Crippen LogP contribution in [0.3, 0.4) is 0 Å². The van der Waals surface area contributed by atoms with Gasteiger partial charge in [-0.2, -0.15) is 0 Å². The molecule has 0 aliphatic carbocycles. The molecule has 3 aromatic heterocycles. The predicted octanol–water partition coefficient (Wildman–Crippen LogP) is 1.83. The Balaban J connectivity index is 1.34. The average Bonchev–Trinajstić information content (AvgIpc) is 3.36. The van der Waals surface area contributed by atoms with Gasteiger partial charge in [-0.3, -0.25) is 4.79 Å². The Hall–Kier alpha value is -3.73. The molecular formula is C16H13N9OS. The monoisotopic (exact) mass is 379 g/mol. The third-order valence-electron chi connectivity index (χ3n) is 3.44. The first kappa shape index (κ1) is 16.7. The van der Waals surface area contributed by atoms with Gasteiger partial charge in [-0.25, -0.2) is 19.6 Å². The van der Waals surface area contributed by atoms with E-state index >= 15 is 0 Å². The van der Waals surface area contributed by atoms with Gasteiger partial charge in [-0.1, -0.05) is 0 Å². The average molecular weight is 379 g/mol. The smallest absolute Gasteiger partial charge is 0.230 e. The SMILES string of the molecule is O=C(Cc1csc(Nc2ncccn2)n1)Nc1ccc(-n2cnnn2)cc1. The van der Waals surface area contributed by atoms with E-state index in [-0.39, 0.29) is 12.3 Å². The van der Waals surface area contributed by atoms with Crippen molar-refractivity contribution in [3.63, 3.8) is 0 Å². The van der Waals surface area contributed by atoms with Crippen molar-refractivity contribution in [2.75, 3.05) is 10.6 Å². The second kappa shape index (κ2) is 7.66. The molecule has 2 N–H and O–H groups in total. The van der Waals surface area contributed by atoms with Gasteiger partial charge in [0.05, 0.1) is 17.8 Å². The maximum absolute atomic E-state index is 12.2. The molecule has 0 aliphatic heterocycles. The van der Waals surface area contributed by atoms with E-state index < -0.39 is 0 Å². The Bertz CT molecular complexity index is 1020. The fraction of sp³-hybridized carbons (Fsp3) is 0.0625. The number of carbonyl (C=O) groups is 1. The number of anilines is 3. The molecule has 0 fully saturated rings. The molecule has 0 spiro atoms. The summed E-state index contributed by atoms with van der Waals surface area (Å²) >= 11 is 1.39. The van der Waals surface area contributed by atoms with E-state index in [1.807, 2.05) is 17.5 Å². The molecular weight excluding hydrogens is 366 g/mol. The molecule has 4 aromatic rings. The third-order valence-corrected chi connectivity index (χ3v) is 4.25. The van der Waals surface area contributed by atoms with Gasteiger partial charge in [0.2, 0.25) is 11.9 Å². The molecule has 134 valence electrons. The van der Waals surface area contributed by atoms with Crippen molar-refractivity contribution in [1.29, 1.82) is 0 Å². The van der Waals surface area contributed by atoms with E-state index in [0.29, 0.717) is 22.5 Å². The van der Waals surface area contributed by atoms with Crippen LogP contribution in [0.25, 0.3) is 5.69 Å². The van der Waals surface area contributed by atoms with Crippen molar-refractivity contribution in [1.82, 2.24) is 35.2 Å². The second-order valence-corrected chi connectivity index (χ2v) is 6.23. The number of nitrogens with one attached hydrogen (secondary N) is 2. The third kappa shape index (κ3) is 4.27. The molecule has 27 heavy (non-hydrogen) atoms. The van der Waals surface area contributed by atoms with Crippen LogP contribution in [-0.4, -0.2) is 41.1 Å². The number of rotatable bonds is 6. The lowest BCUT2D eigenvalue weighted by Gasteiger charge is -2.05. The Labute approximate surface area is 157 Å². The summed E-state index contributed by atoms with van der Waals surface area (Å²) in [5, 5.41) is 19.3. The molecule has 10 nitrogen and oxygen atoms in total. The van der Waals surface area contributed by atoms with E-state index in [2.05, 4.69) is 41.1 Å². The number of tetrazole rings is 1. The molecule has 0 aliphatic rings. The lowest BCUT2D eigenvalue weighted by atomic mass is 10.2. The van der Waals surface area contributed by atoms with Gasteiger partial charge in [0, 0.05) is 23.5 Å². The minimum Gasteiger partial charge on any atom is -0.326 e. The maximum Gasteiger partial charge on any atom is 0.230 e. The molecule has 0 saturated heterocycles. The van der Waals surface area contributed by atoms with Gasteiger partial charge in [-0.15, -0.1) is 16.4 Å². The molecule has 0 radical (unpaired) electrons. The number of thiazole rings is 1. The number of amides is 1. The van der Waals surface area contributed by atoms with Crippen LogP contribution < -0.4 is 10.6 Å². The summed E-state index contributed by atoms with van der Waals surface area (Å²) in [6.07, 6.45) is 4.95. The largest absolute Gasteiger partial charge is 0.326 e. The van der Waals surface area contributed by atoms with Crippen LogP contribution in [0.2, 0.25) is 0 Å². The van der Waals surface area contributed by atoms with Gasteiger partial charge >= 0.3 is 0 Å². The quantitative estimate of drug-likeness (QED) is 0.520. The number of nitrogens with zero attached hydrogens (tertiary/aromatic N) is 7. The Kier molecular flexibility index (Phi) is 4.74. The van der Waals surface area contributed by atoms with Gasteiger partial charge in [0.1, 0.15) is 6.33 Å². The fourth-order valence-electron chi connectivity index (χ4n) is 2.25. The number of aromatic nitrogens is 7. The number of benzene rings is 1. The van der Waals surface area contributed by atoms with E-state index in [1.54, 1.807) is 30.6 Å². The first-order valence-corrected chi connectivity index (χ1v) is 8.76. The van der Waals surface area contributed by atoms with Gasteiger partial charge in [-0.05, 0) is 40.8 Å². The Morgan fingerprint density at radius 3 is 2.70 bits per heavy atom. The zero-order chi connectivity index (χ0) is 18.5. The van der Waals surface area contributed by atoms with Crippen LogP contribution in [0.5, 0.6) is 0 Å². The summed E-state index contributed by atoms with van der Waals surface area (Å²) in [5.41, 5.74) is 2.15. The van der Waals surface area contributed by atoms with Crippen molar-refractivity contribution < 1.29 is 4.79 Å². The standard InChI is InChI=1S/C16H13N9OS/c26-14(20-11-2-4-13(5-3-11)25-10-19-23-24-25)8-12-9-27-16(21-12)22-15-17-6-1-7-18-15/h1-7,9-10H,8H2,(H,20,26)(H,17,18,21,22). The molecule has 1 amide bonds. The first-order valence-electron chi connectivity index (χ1n) is 7.88. The van der Waals surface area contributed by atoms with E-state index in [0.717, 1.165) is 5.69 Å². The van der Waals surface area contributed by atoms with Crippen LogP contribution in [0, 0.1) is 0 Å². The fourth-order valence-corrected chi connectivity index (χ4v) is 2.96. The van der Waals surface area contributed by atoms with E-state index in [9.17, 15) is 4.79 Å². The number of hydrogen-bond donors (Lipinski definition) is 2. The summed E-state index contributed by atoms with van der Waals surface area (Å²) in [4.78, 5) is 24.8. The highest BCUT2D eigenvalue weighted by Crippen LogP contribution is 2.19. The molecule has 0 unspecified atom stereocenters. The number of carbonyl (C=O) groups excluding carboxylic acids is 1. The van der Waals surface area contributed by atoms with E-state index in [4.69, 9.17) is 0 Å². The predicted molar refractivity (Wildman–Crippen MR) is 98.9 cm³/mol. The van der Waals surface area contributed by atoms with Crippen molar-refractivity contribution >= 4 is 34.0 Å². The summed E-state index contributed by atoms with van der Waals surface area (Å²) in [6.45, 7) is 0. The van der Waals surface area contributed by atoms with Crippen LogP contribution >= 0.6 is 11.3 Å². The van der Waals surface area contributed by atoms with E-state index in [1.165, 1.54) is 22.3 Å². The van der Waals surface area contributed by atoms with Crippen LogP contribution in [0.4, 0.5) is 16.8 Å². The zero-order valence-corrected chi connectivity index (χ0v) is 14.7. The molecule has 0 saturated carbocycles. The van der Waals surface area contributed by atoms with Crippen LogP contribution in [0.15, 0.2) is 54.4 Å². The summed E-state index contributed by atoms with van der Waals surface area (Å²) in [6, 6.07) is 8.94. The summed E-state index contributed by atoms with van der Waals surface area (Å²) in [5.74, 6) is 0.309. The summed E-state index contributed by atoms with van der Waals surface area (Å²) in [7, 11) is 0. The zero-order valence-electron chi connectivity index (χ0n) is 13.9. The molecule has 0 atom stereocenters. The van der Waals surface area contributed by atoms with Crippen molar-refractivity contribution in [2.45, 2.75) is 6.42 Å². The molecule has 4 rings (SSSR count). The second-order valence-electron chi connectivity index (χ2n) is 5.37. The highest BCUT2D eigenvalue weighted by Gasteiger charge is 2.09. The van der Waals surface area contributed by atoms with Gasteiger partial charge in [0.25, 0.3) is 0 Å². The first-order chi connectivity index (χ1) is 13.3.